The largest absolute Gasteiger partial charge is 0.380 e. The number of anilines is 1. The predicted molar refractivity (Wildman–Crippen MR) is 85.7 cm³/mol. The van der Waals surface area contributed by atoms with Crippen LogP contribution in [-0.2, 0) is 5.75 Å². The number of benzene rings is 1. The lowest BCUT2D eigenvalue weighted by molar-refractivity contribution is -0.384. The molecule has 0 aliphatic carbocycles. The first-order valence-corrected chi connectivity index (χ1v) is 7.74. The summed E-state index contributed by atoms with van der Waals surface area (Å²) in [5, 5.41) is 15.2. The Balaban J connectivity index is 2.10. The molecular weight excluding hydrogens is 286 g/mol. The maximum Gasteiger partial charge on any atom is 0.292 e. The molecule has 1 aromatic carbocycles. The van der Waals surface area contributed by atoms with Crippen molar-refractivity contribution in [1.29, 1.82) is 0 Å². The van der Waals surface area contributed by atoms with Gasteiger partial charge in [0, 0.05) is 24.6 Å². The molecule has 0 atom stereocenters. The van der Waals surface area contributed by atoms with Gasteiger partial charge in [-0.3, -0.25) is 10.1 Å². The van der Waals surface area contributed by atoms with Crippen LogP contribution in [0.3, 0.4) is 0 Å². The number of hydrogen-bond donors (Lipinski definition) is 1. The molecule has 0 fully saturated rings. The minimum absolute atomic E-state index is 0.127. The van der Waals surface area contributed by atoms with Crippen LogP contribution in [0.15, 0.2) is 47.6 Å². The van der Waals surface area contributed by atoms with Gasteiger partial charge in [-0.2, -0.15) is 0 Å². The van der Waals surface area contributed by atoms with E-state index in [0.29, 0.717) is 11.4 Å². The molecule has 2 rings (SSSR count). The Hall–Kier alpha value is -2.08. The Labute approximate surface area is 127 Å². The van der Waals surface area contributed by atoms with E-state index < -0.39 is 0 Å². The van der Waals surface area contributed by atoms with E-state index in [2.05, 4.69) is 10.3 Å². The highest BCUT2D eigenvalue weighted by Crippen LogP contribution is 2.28. The number of rotatable bonds is 7. The second-order valence-electron chi connectivity index (χ2n) is 4.49. The number of nitrogens with one attached hydrogen (secondary N) is 1. The van der Waals surface area contributed by atoms with Crippen LogP contribution in [0.1, 0.15) is 18.9 Å². The lowest BCUT2D eigenvalue weighted by Gasteiger charge is -2.07. The quantitative estimate of drug-likeness (QED) is 0.474. The molecule has 6 heteroatoms. The van der Waals surface area contributed by atoms with Gasteiger partial charge in [0.2, 0.25) is 0 Å². The van der Waals surface area contributed by atoms with Gasteiger partial charge in [-0.25, -0.2) is 4.98 Å². The first kappa shape index (κ1) is 15.3. The van der Waals surface area contributed by atoms with Crippen molar-refractivity contribution in [2.45, 2.75) is 24.1 Å². The zero-order valence-corrected chi connectivity index (χ0v) is 12.6. The Morgan fingerprint density at radius 1 is 1.33 bits per heavy atom. The van der Waals surface area contributed by atoms with Crippen LogP contribution in [0.4, 0.5) is 11.4 Å². The molecule has 0 spiro atoms. The molecule has 1 heterocycles. The van der Waals surface area contributed by atoms with Crippen molar-refractivity contribution in [2.24, 2.45) is 0 Å². The van der Waals surface area contributed by atoms with Crippen LogP contribution < -0.4 is 5.32 Å². The van der Waals surface area contributed by atoms with Gasteiger partial charge >= 0.3 is 0 Å². The summed E-state index contributed by atoms with van der Waals surface area (Å²) < 4.78 is 0. The summed E-state index contributed by atoms with van der Waals surface area (Å²) in [6, 6.07) is 11.0. The molecule has 1 N–H and O–H groups in total. The molecule has 0 unspecified atom stereocenters. The Morgan fingerprint density at radius 2 is 2.19 bits per heavy atom. The van der Waals surface area contributed by atoms with Crippen molar-refractivity contribution in [3.63, 3.8) is 0 Å². The second kappa shape index (κ2) is 7.64. The minimum atomic E-state index is -0.340. The summed E-state index contributed by atoms with van der Waals surface area (Å²) in [6.07, 6.45) is 2.66. The normalized spacial score (nSPS) is 10.3. The van der Waals surface area contributed by atoms with Gasteiger partial charge in [0.05, 0.1) is 9.95 Å². The lowest BCUT2D eigenvalue weighted by Crippen LogP contribution is -2.03. The van der Waals surface area contributed by atoms with Crippen LogP contribution in [0, 0.1) is 10.1 Å². The molecule has 5 nitrogen and oxygen atoms in total. The van der Waals surface area contributed by atoms with E-state index in [4.69, 9.17) is 0 Å². The van der Waals surface area contributed by atoms with E-state index in [0.717, 1.165) is 23.6 Å². The third-order valence-electron chi connectivity index (χ3n) is 2.85. The molecule has 0 saturated heterocycles. The van der Waals surface area contributed by atoms with Crippen LogP contribution in [0.5, 0.6) is 0 Å². The molecule has 0 amide bonds. The van der Waals surface area contributed by atoms with E-state index in [9.17, 15) is 10.1 Å². The molecule has 0 radical (unpaired) electrons. The highest BCUT2D eigenvalue weighted by atomic mass is 32.2. The van der Waals surface area contributed by atoms with Gasteiger partial charge in [0.25, 0.3) is 5.69 Å². The topological polar surface area (TPSA) is 68.1 Å². The first-order chi connectivity index (χ1) is 10.2. The van der Waals surface area contributed by atoms with Crippen LogP contribution >= 0.6 is 11.8 Å². The van der Waals surface area contributed by atoms with Crippen molar-refractivity contribution >= 4 is 23.1 Å². The summed E-state index contributed by atoms with van der Waals surface area (Å²) >= 11 is 1.56. The molecule has 21 heavy (non-hydrogen) atoms. The number of hydrogen-bond acceptors (Lipinski definition) is 5. The number of pyridine rings is 1. The highest BCUT2D eigenvalue weighted by Gasteiger charge is 2.14. The molecule has 110 valence electrons. The average molecular weight is 303 g/mol. The first-order valence-electron chi connectivity index (χ1n) is 6.75. The highest BCUT2D eigenvalue weighted by molar-refractivity contribution is 7.98. The summed E-state index contributed by atoms with van der Waals surface area (Å²) in [5.41, 5.74) is 1.62. The third kappa shape index (κ3) is 4.46. The van der Waals surface area contributed by atoms with Crippen molar-refractivity contribution < 1.29 is 4.92 Å². The molecule has 0 bridgehead atoms. The fraction of sp³-hybridized carbons (Fsp3) is 0.267. The molecule has 0 saturated carbocycles. The zero-order chi connectivity index (χ0) is 15.1. The van der Waals surface area contributed by atoms with Gasteiger partial charge in [-0.05, 0) is 30.2 Å². The Morgan fingerprint density at radius 3 is 2.86 bits per heavy atom. The molecular formula is C15H17N3O2S. The molecule has 1 aromatic heterocycles. The molecule has 0 aliphatic rings. The minimum Gasteiger partial charge on any atom is -0.380 e. The third-order valence-corrected chi connectivity index (χ3v) is 3.86. The summed E-state index contributed by atoms with van der Waals surface area (Å²) in [6.45, 7) is 2.75. The number of nitro groups is 1. The van der Waals surface area contributed by atoms with E-state index in [1.54, 1.807) is 30.1 Å². The number of thioether (sulfide) groups is 1. The van der Waals surface area contributed by atoms with E-state index in [1.165, 1.54) is 0 Å². The zero-order valence-electron chi connectivity index (χ0n) is 11.8. The Kier molecular flexibility index (Phi) is 5.57. The van der Waals surface area contributed by atoms with Crippen molar-refractivity contribution in [1.82, 2.24) is 4.98 Å². The Bertz CT molecular complexity index is 605. The van der Waals surface area contributed by atoms with Crippen LogP contribution in [0.2, 0.25) is 0 Å². The van der Waals surface area contributed by atoms with Gasteiger partial charge in [-0.1, -0.05) is 19.1 Å². The van der Waals surface area contributed by atoms with Crippen molar-refractivity contribution in [3.8, 4) is 0 Å². The fourth-order valence-corrected chi connectivity index (χ4v) is 2.62. The van der Waals surface area contributed by atoms with Crippen molar-refractivity contribution in [3.05, 3.63) is 58.3 Å². The molecule has 2 aromatic rings. The SMILES string of the molecule is CCCNc1ccc(CSc2ccccn2)cc1[N+](=O)[O-]. The van der Waals surface area contributed by atoms with Crippen LogP contribution in [0.25, 0.3) is 0 Å². The maximum absolute atomic E-state index is 11.2. The standard InChI is InChI=1S/C15H17N3O2S/c1-2-8-16-13-7-6-12(10-14(13)18(19)20)11-21-15-5-3-4-9-17-15/h3-7,9-10,16H,2,8,11H2,1H3. The molecule has 0 aliphatic heterocycles. The summed E-state index contributed by atoms with van der Waals surface area (Å²) in [4.78, 5) is 15.0. The second-order valence-corrected chi connectivity index (χ2v) is 5.49. The lowest BCUT2D eigenvalue weighted by atomic mass is 10.2. The predicted octanol–water partition coefficient (Wildman–Crippen LogP) is 4.10. The summed E-state index contributed by atoms with van der Waals surface area (Å²) in [7, 11) is 0. The maximum atomic E-state index is 11.2. The van der Waals surface area contributed by atoms with Gasteiger partial charge in [0.15, 0.2) is 0 Å². The number of nitrogens with zero attached hydrogens (tertiary/aromatic N) is 2. The van der Waals surface area contributed by atoms with Gasteiger partial charge in [-0.15, -0.1) is 11.8 Å². The summed E-state index contributed by atoms with van der Waals surface area (Å²) in [5.74, 6) is 0.659. The van der Waals surface area contributed by atoms with E-state index in [-0.39, 0.29) is 10.6 Å². The number of nitro benzene ring substituents is 1. The van der Waals surface area contributed by atoms with Crippen molar-refractivity contribution in [2.75, 3.05) is 11.9 Å². The smallest absolute Gasteiger partial charge is 0.292 e. The van der Waals surface area contributed by atoms with Crippen LogP contribution in [-0.4, -0.2) is 16.5 Å². The fourth-order valence-electron chi connectivity index (χ4n) is 1.82. The van der Waals surface area contributed by atoms with Gasteiger partial charge < -0.3 is 5.32 Å². The van der Waals surface area contributed by atoms with E-state index >= 15 is 0 Å². The van der Waals surface area contributed by atoms with Gasteiger partial charge in [0.1, 0.15) is 5.69 Å². The number of aromatic nitrogens is 1. The average Bonchev–Trinajstić information content (AvgIpc) is 2.52. The van der Waals surface area contributed by atoms with E-state index in [1.807, 2.05) is 31.2 Å². The monoisotopic (exact) mass is 303 g/mol.